The normalized spacial score (nSPS) is 17.2. The molecule has 2 atom stereocenters. The number of methoxy groups -OCH3 is 1. The van der Waals surface area contributed by atoms with Gasteiger partial charge in [-0.1, -0.05) is 24.3 Å². The van der Waals surface area contributed by atoms with Crippen LogP contribution in [0.5, 0.6) is 11.5 Å². The van der Waals surface area contributed by atoms with Gasteiger partial charge in [-0.05, 0) is 62.1 Å². The number of ether oxygens (including phenoxy) is 3. The molecule has 2 unspecified atom stereocenters. The van der Waals surface area contributed by atoms with Gasteiger partial charge in [0, 0.05) is 19.7 Å². The van der Waals surface area contributed by atoms with E-state index in [1.807, 2.05) is 60.4 Å². The summed E-state index contributed by atoms with van der Waals surface area (Å²) in [7, 11) is 1.65. The third-order valence-electron chi connectivity index (χ3n) is 4.92. The van der Waals surface area contributed by atoms with Crippen molar-refractivity contribution in [1.29, 1.82) is 0 Å². The second-order valence-electron chi connectivity index (χ2n) is 7.28. The molecule has 1 aliphatic heterocycles. The summed E-state index contributed by atoms with van der Waals surface area (Å²) in [6, 6.07) is 15.6. The van der Waals surface area contributed by atoms with Gasteiger partial charge in [0.15, 0.2) is 6.10 Å². The highest BCUT2D eigenvalue weighted by atomic mass is 16.5. The van der Waals surface area contributed by atoms with Gasteiger partial charge in [0.05, 0.1) is 13.2 Å². The van der Waals surface area contributed by atoms with Crippen LogP contribution >= 0.6 is 0 Å². The summed E-state index contributed by atoms with van der Waals surface area (Å²) in [5.41, 5.74) is 2.12. The molecule has 0 saturated carbocycles. The SMILES string of the molecule is COc1cccc(CN(CC2CCCO2)C(=O)C(C)Oc2cccc(C)c2)c1. The number of aryl methyl sites for hydroxylation is 1. The van der Waals surface area contributed by atoms with E-state index in [0.29, 0.717) is 18.8 Å². The molecule has 0 radical (unpaired) electrons. The summed E-state index contributed by atoms with van der Waals surface area (Å²) >= 11 is 0. The molecule has 0 aliphatic carbocycles. The van der Waals surface area contributed by atoms with Crippen molar-refractivity contribution in [3.8, 4) is 11.5 Å². The lowest BCUT2D eigenvalue weighted by Gasteiger charge is -2.28. The number of amides is 1. The lowest BCUT2D eigenvalue weighted by molar-refractivity contribution is -0.140. The molecule has 1 heterocycles. The van der Waals surface area contributed by atoms with E-state index in [2.05, 4.69) is 0 Å². The molecule has 1 aliphatic rings. The molecule has 0 N–H and O–H groups in total. The number of rotatable bonds is 8. The van der Waals surface area contributed by atoms with Crippen molar-refractivity contribution in [2.24, 2.45) is 0 Å². The Kier molecular flexibility index (Phi) is 6.93. The summed E-state index contributed by atoms with van der Waals surface area (Å²) in [4.78, 5) is 15.0. The van der Waals surface area contributed by atoms with Crippen LogP contribution in [0.4, 0.5) is 0 Å². The maximum absolute atomic E-state index is 13.2. The third-order valence-corrected chi connectivity index (χ3v) is 4.92. The van der Waals surface area contributed by atoms with E-state index in [0.717, 1.165) is 36.3 Å². The van der Waals surface area contributed by atoms with Crippen LogP contribution in [-0.2, 0) is 16.1 Å². The molecule has 0 bridgehead atoms. The first kappa shape index (κ1) is 20.2. The molecule has 1 fully saturated rings. The second kappa shape index (κ2) is 9.60. The van der Waals surface area contributed by atoms with Crippen LogP contribution in [0.3, 0.4) is 0 Å². The van der Waals surface area contributed by atoms with Crippen LogP contribution in [0.2, 0.25) is 0 Å². The third kappa shape index (κ3) is 5.49. The van der Waals surface area contributed by atoms with E-state index >= 15 is 0 Å². The van der Waals surface area contributed by atoms with Crippen molar-refractivity contribution in [3.05, 3.63) is 59.7 Å². The van der Waals surface area contributed by atoms with Gasteiger partial charge in [-0.15, -0.1) is 0 Å². The topological polar surface area (TPSA) is 48.0 Å². The summed E-state index contributed by atoms with van der Waals surface area (Å²) in [6.07, 6.45) is 1.53. The molecule has 0 aromatic heterocycles. The van der Waals surface area contributed by atoms with E-state index in [4.69, 9.17) is 14.2 Å². The molecule has 28 heavy (non-hydrogen) atoms. The van der Waals surface area contributed by atoms with E-state index in [9.17, 15) is 4.79 Å². The van der Waals surface area contributed by atoms with Crippen LogP contribution < -0.4 is 9.47 Å². The number of hydrogen-bond donors (Lipinski definition) is 0. The van der Waals surface area contributed by atoms with E-state index in [1.165, 1.54) is 0 Å². The zero-order valence-corrected chi connectivity index (χ0v) is 16.9. The van der Waals surface area contributed by atoms with Gasteiger partial charge in [0.25, 0.3) is 5.91 Å². The van der Waals surface area contributed by atoms with Crippen molar-refractivity contribution in [2.45, 2.75) is 45.4 Å². The highest BCUT2D eigenvalue weighted by molar-refractivity contribution is 5.81. The van der Waals surface area contributed by atoms with Crippen molar-refractivity contribution in [3.63, 3.8) is 0 Å². The monoisotopic (exact) mass is 383 g/mol. The van der Waals surface area contributed by atoms with Crippen LogP contribution in [0, 0.1) is 6.92 Å². The lowest BCUT2D eigenvalue weighted by Crippen LogP contribution is -2.43. The summed E-state index contributed by atoms with van der Waals surface area (Å²) < 4.78 is 17.0. The second-order valence-corrected chi connectivity index (χ2v) is 7.28. The van der Waals surface area contributed by atoms with Gasteiger partial charge >= 0.3 is 0 Å². The largest absolute Gasteiger partial charge is 0.497 e. The van der Waals surface area contributed by atoms with Crippen molar-refractivity contribution in [2.75, 3.05) is 20.3 Å². The molecular formula is C23H29NO4. The lowest BCUT2D eigenvalue weighted by atomic mass is 10.1. The Morgan fingerprint density at radius 3 is 2.71 bits per heavy atom. The van der Waals surface area contributed by atoms with Gasteiger partial charge in [0.1, 0.15) is 11.5 Å². The highest BCUT2D eigenvalue weighted by Gasteiger charge is 2.27. The fraction of sp³-hybridized carbons (Fsp3) is 0.435. The Balaban J connectivity index is 1.73. The van der Waals surface area contributed by atoms with Crippen LogP contribution in [0.15, 0.2) is 48.5 Å². The Hall–Kier alpha value is -2.53. The molecule has 5 heteroatoms. The minimum Gasteiger partial charge on any atom is -0.497 e. The number of carbonyl (C=O) groups is 1. The van der Waals surface area contributed by atoms with Gasteiger partial charge < -0.3 is 19.1 Å². The number of benzene rings is 2. The first-order chi connectivity index (χ1) is 13.5. The average molecular weight is 383 g/mol. The van der Waals surface area contributed by atoms with Crippen LogP contribution in [-0.4, -0.2) is 43.3 Å². The van der Waals surface area contributed by atoms with Crippen molar-refractivity contribution >= 4 is 5.91 Å². The Labute approximate surface area is 167 Å². The summed E-state index contributed by atoms with van der Waals surface area (Å²) in [5, 5.41) is 0. The fourth-order valence-corrected chi connectivity index (χ4v) is 3.46. The molecule has 2 aromatic rings. The smallest absolute Gasteiger partial charge is 0.263 e. The van der Waals surface area contributed by atoms with Gasteiger partial charge in [-0.2, -0.15) is 0 Å². The fourth-order valence-electron chi connectivity index (χ4n) is 3.46. The predicted molar refractivity (Wildman–Crippen MR) is 109 cm³/mol. The number of carbonyl (C=O) groups excluding carboxylic acids is 1. The molecule has 1 saturated heterocycles. The van der Waals surface area contributed by atoms with Gasteiger partial charge in [-0.25, -0.2) is 0 Å². The minimum atomic E-state index is -0.575. The summed E-state index contributed by atoms with van der Waals surface area (Å²) in [5.74, 6) is 1.45. The molecule has 0 spiro atoms. The zero-order chi connectivity index (χ0) is 19.9. The zero-order valence-electron chi connectivity index (χ0n) is 16.9. The average Bonchev–Trinajstić information content (AvgIpc) is 3.20. The molecular weight excluding hydrogens is 354 g/mol. The molecule has 1 amide bonds. The number of nitrogens with zero attached hydrogens (tertiary/aromatic N) is 1. The molecule has 5 nitrogen and oxygen atoms in total. The molecule has 150 valence electrons. The van der Waals surface area contributed by atoms with Crippen LogP contribution in [0.1, 0.15) is 30.9 Å². The minimum absolute atomic E-state index is 0.0418. The van der Waals surface area contributed by atoms with E-state index in [1.54, 1.807) is 14.0 Å². The maximum Gasteiger partial charge on any atom is 0.263 e. The van der Waals surface area contributed by atoms with Crippen LogP contribution in [0.25, 0.3) is 0 Å². The molecule has 2 aromatic carbocycles. The summed E-state index contributed by atoms with van der Waals surface area (Å²) in [6.45, 7) is 5.64. The first-order valence-electron chi connectivity index (χ1n) is 9.82. The number of hydrogen-bond acceptors (Lipinski definition) is 4. The predicted octanol–water partition coefficient (Wildman–Crippen LogP) is 3.98. The first-order valence-corrected chi connectivity index (χ1v) is 9.82. The van der Waals surface area contributed by atoms with E-state index in [-0.39, 0.29) is 12.0 Å². The Morgan fingerprint density at radius 1 is 1.21 bits per heavy atom. The maximum atomic E-state index is 13.2. The van der Waals surface area contributed by atoms with Crippen molar-refractivity contribution in [1.82, 2.24) is 4.90 Å². The standard InChI is InChI=1S/C23H29NO4/c1-17-7-4-10-21(13-17)28-18(2)23(25)24(16-22-11-6-12-27-22)15-19-8-5-9-20(14-19)26-3/h4-5,7-10,13-14,18,22H,6,11-12,15-16H2,1-3H3. The van der Waals surface area contributed by atoms with Gasteiger partial charge in [0.2, 0.25) is 0 Å². The van der Waals surface area contributed by atoms with E-state index < -0.39 is 6.10 Å². The van der Waals surface area contributed by atoms with Gasteiger partial charge in [-0.3, -0.25) is 4.79 Å². The quantitative estimate of drug-likeness (QED) is 0.692. The Bertz CT molecular complexity index is 786. The Morgan fingerprint density at radius 2 is 2.00 bits per heavy atom. The van der Waals surface area contributed by atoms with Crippen molar-refractivity contribution < 1.29 is 19.0 Å². The highest BCUT2D eigenvalue weighted by Crippen LogP contribution is 2.20. The molecule has 3 rings (SSSR count).